The lowest BCUT2D eigenvalue weighted by atomic mass is 9.83. The van der Waals surface area contributed by atoms with Crippen molar-refractivity contribution in [3.05, 3.63) is 52.3 Å². The molecule has 2 aliphatic heterocycles. The highest BCUT2D eigenvalue weighted by Gasteiger charge is 2.44. The molecule has 3 heterocycles. The third-order valence-electron chi connectivity index (χ3n) is 6.35. The van der Waals surface area contributed by atoms with E-state index in [1.165, 1.54) is 21.9 Å². The minimum Gasteiger partial charge on any atom is -0.444 e. The van der Waals surface area contributed by atoms with Crippen LogP contribution in [0.5, 0.6) is 0 Å². The Morgan fingerprint density at radius 2 is 1.71 bits per heavy atom. The van der Waals surface area contributed by atoms with Crippen molar-refractivity contribution in [2.75, 3.05) is 19.6 Å². The van der Waals surface area contributed by atoms with Gasteiger partial charge in [-0.05, 0) is 26.8 Å². The number of benzene rings is 1. The lowest BCUT2D eigenvalue weighted by Gasteiger charge is -2.37. The standard InChI is InChI=1S/C24H28F4N4O3/c1-22(2,3)35-21(34)32-11-8-18-15(14-32)19(30-29-18)20(33)31-12-9-23(25,10-13-31)16-6-4-5-7-17(16)24(26,27)28/h4-7H,8-14H2,1-3H3,(H,29,30). The van der Waals surface area contributed by atoms with Gasteiger partial charge in [-0.15, -0.1) is 0 Å². The third-order valence-corrected chi connectivity index (χ3v) is 6.35. The van der Waals surface area contributed by atoms with Crippen LogP contribution >= 0.6 is 0 Å². The number of halogens is 4. The fourth-order valence-corrected chi connectivity index (χ4v) is 4.56. The van der Waals surface area contributed by atoms with E-state index in [1.54, 1.807) is 20.8 Å². The largest absolute Gasteiger partial charge is 0.444 e. The normalized spacial score (nSPS) is 18.3. The molecule has 35 heavy (non-hydrogen) atoms. The fourth-order valence-electron chi connectivity index (χ4n) is 4.56. The van der Waals surface area contributed by atoms with Crippen LogP contribution in [-0.2, 0) is 29.5 Å². The van der Waals surface area contributed by atoms with Crippen LogP contribution in [0.2, 0.25) is 0 Å². The maximum atomic E-state index is 15.7. The Morgan fingerprint density at radius 3 is 2.34 bits per heavy atom. The monoisotopic (exact) mass is 496 g/mol. The van der Waals surface area contributed by atoms with Gasteiger partial charge in [0.15, 0.2) is 5.69 Å². The molecule has 7 nitrogen and oxygen atoms in total. The van der Waals surface area contributed by atoms with Gasteiger partial charge in [-0.2, -0.15) is 18.3 Å². The minimum absolute atomic E-state index is 0.0566. The smallest absolute Gasteiger partial charge is 0.416 e. The molecule has 2 amide bonds. The number of ether oxygens (including phenoxy) is 1. The molecule has 1 aromatic heterocycles. The SMILES string of the molecule is CC(C)(C)OC(=O)N1CCc2[nH]nc(C(=O)N3CCC(F)(c4ccccc4C(F)(F)F)CC3)c2C1. The minimum atomic E-state index is -4.67. The van der Waals surface area contributed by atoms with Gasteiger partial charge in [0.1, 0.15) is 11.3 Å². The van der Waals surface area contributed by atoms with Crippen LogP contribution in [0.3, 0.4) is 0 Å². The Balaban J connectivity index is 1.48. The summed E-state index contributed by atoms with van der Waals surface area (Å²) in [5.74, 6) is -0.445. The van der Waals surface area contributed by atoms with Crippen LogP contribution in [0.15, 0.2) is 24.3 Å². The number of aromatic nitrogens is 2. The zero-order chi connectivity index (χ0) is 25.6. The summed E-state index contributed by atoms with van der Waals surface area (Å²) in [6, 6.07) is 4.65. The van der Waals surface area contributed by atoms with Gasteiger partial charge in [-0.1, -0.05) is 18.2 Å². The number of aromatic amines is 1. The highest BCUT2D eigenvalue weighted by Crippen LogP contribution is 2.43. The molecule has 1 aromatic carbocycles. The number of nitrogens with zero attached hydrogens (tertiary/aromatic N) is 3. The first kappa shape index (κ1) is 25.0. The van der Waals surface area contributed by atoms with E-state index < -0.39 is 40.6 Å². The summed E-state index contributed by atoms with van der Waals surface area (Å²) in [4.78, 5) is 28.6. The molecule has 4 rings (SSSR count). The number of fused-ring (bicyclic) bond motifs is 1. The average Bonchev–Trinajstić information content (AvgIpc) is 3.21. The number of carbonyl (C=O) groups excluding carboxylic acids is 2. The van der Waals surface area contributed by atoms with E-state index in [0.717, 1.165) is 17.8 Å². The molecular weight excluding hydrogens is 468 g/mol. The predicted molar refractivity (Wildman–Crippen MR) is 118 cm³/mol. The molecule has 0 spiro atoms. The molecule has 2 aromatic rings. The molecule has 0 saturated carbocycles. The number of likely N-dealkylation sites (tertiary alicyclic amines) is 1. The van der Waals surface area contributed by atoms with Gasteiger partial charge < -0.3 is 14.5 Å². The van der Waals surface area contributed by atoms with Gasteiger partial charge in [0, 0.05) is 55.7 Å². The van der Waals surface area contributed by atoms with Gasteiger partial charge in [-0.3, -0.25) is 9.89 Å². The molecule has 190 valence electrons. The highest BCUT2D eigenvalue weighted by atomic mass is 19.4. The molecule has 0 atom stereocenters. The fraction of sp³-hybridized carbons (Fsp3) is 0.542. The molecule has 1 N–H and O–H groups in total. The summed E-state index contributed by atoms with van der Waals surface area (Å²) in [5, 5.41) is 6.99. The lowest BCUT2D eigenvalue weighted by molar-refractivity contribution is -0.140. The maximum Gasteiger partial charge on any atom is 0.416 e. The van der Waals surface area contributed by atoms with Crippen LogP contribution < -0.4 is 0 Å². The van der Waals surface area contributed by atoms with Crippen LogP contribution in [0.25, 0.3) is 0 Å². The third kappa shape index (κ3) is 5.13. The predicted octanol–water partition coefficient (Wildman–Crippen LogP) is 4.82. The quantitative estimate of drug-likeness (QED) is 0.605. The molecule has 0 aliphatic carbocycles. The number of nitrogens with one attached hydrogen (secondary N) is 1. The van der Waals surface area contributed by atoms with Crippen molar-refractivity contribution >= 4 is 12.0 Å². The van der Waals surface area contributed by atoms with Crippen molar-refractivity contribution < 1.29 is 31.9 Å². The highest BCUT2D eigenvalue weighted by molar-refractivity contribution is 5.94. The first-order valence-electron chi connectivity index (χ1n) is 11.5. The summed E-state index contributed by atoms with van der Waals surface area (Å²) in [7, 11) is 0. The van der Waals surface area contributed by atoms with Crippen molar-refractivity contribution in [2.24, 2.45) is 0 Å². The number of H-pyrrole nitrogens is 1. The summed E-state index contributed by atoms with van der Waals surface area (Å²) < 4.78 is 61.4. The maximum absolute atomic E-state index is 15.7. The number of alkyl halides is 4. The zero-order valence-electron chi connectivity index (χ0n) is 19.8. The number of hydrogen-bond acceptors (Lipinski definition) is 4. The van der Waals surface area contributed by atoms with E-state index in [-0.39, 0.29) is 38.2 Å². The van der Waals surface area contributed by atoms with Crippen molar-refractivity contribution in [3.8, 4) is 0 Å². The first-order chi connectivity index (χ1) is 16.3. The van der Waals surface area contributed by atoms with Crippen LogP contribution in [0.4, 0.5) is 22.4 Å². The number of rotatable bonds is 2. The van der Waals surface area contributed by atoms with E-state index >= 15 is 4.39 Å². The van der Waals surface area contributed by atoms with Gasteiger partial charge in [0.25, 0.3) is 5.91 Å². The van der Waals surface area contributed by atoms with Crippen molar-refractivity contribution in [2.45, 2.75) is 64.0 Å². The van der Waals surface area contributed by atoms with E-state index in [0.29, 0.717) is 18.5 Å². The molecular formula is C24H28F4N4O3. The van der Waals surface area contributed by atoms with E-state index in [4.69, 9.17) is 4.74 Å². The van der Waals surface area contributed by atoms with Crippen molar-refractivity contribution in [1.29, 1.82) is 0 Å². The number of carbonyl (C=O) groups is 2. The van der Waals surface area contributed by atoms with Gasteiger partial charge in [-0.25, -0.2) is 9.18 Å². The van der Waals surface area contributed by atoms with E-state index in [1.807, 2.05) is 0 Å². The Bertz CT molecular complexity index is 1110. The summed E-state index contributed by atoms with van der Waals surface area (Å²) in [6.45, 7) is 5.73. The summed E-state index contributed by atoms with van der Waals surface area (Å²) in [5.41, 5.74) is -2.80. The number of hydrogen-bond donors (Lipinski definition) is 1. The molecule has 11 heteroatoms. The van der Waals surface area contributed by atoms with E-state index in [9.17, 15) is 22.8 Å². The van der Waals surface area contributed by atoms with Crippen LogP contribution in [-0.4, -0.2) is 57.2 Å². The lowest BCUT2D eigenvalue weighted by Crippen LogP contribution is -2.45. The molecule has 0 radical (unpaired) electrons. The average molecular weight is 497 g/mol. The van der Waals surface area contributed by atoms with Crippen molar-refractivity contribution in [1.82, 2.24) is 20.0 Å². The van der Waals surface area contributed by atoms with E-state index in [2.05, 4.69) is 10.2 Å². The Hall–Kier alpha value is -3.11. The van der Waals surface area contributed by atoms with Gasteiger partial charge >= 0.3 is 12.3 Å². The molecule has 1 saturated heterocycles. The Kier molecular flexibility index (Phi) is 6.31. The molecule has 0 unspecified atom stereocenters. The van der Waals surface area contributed by atoms with Crippen LogP contribution in [0, 0.1) is 0 Å². The van der Waals surface area contributed by atoms with Crippen LogP contribution in [0.1, 0.15) is 66.5 Å². The topological polar surface area (TPSA) is 78.5 Å². The summed E-state index contributed by atoms with van der Waals surface area (Å²) in [6.07, 6.45) is -5.22. The van der Waals surface area contributed by atoms with Gasteiger partial charge in [0.2, 0.25) is 0 Å². The number of piperidine rings is 1. The summed E-state index contributed by atoms with van der Waals surface area (Å²) >= 11 is 0. The second-order valence-corrected chi connectivity index (χ2v) is 9.98. The molecule has 2 aliphatic rings. The Labute approximate surface area is 200 Å². The Morgan fingerprint density at radius 1 is 1.06 bits per heavy atom. The molecule has 0 bridgehead atoms. The zero-order valence-corrected chi connectivity index (χ0v) is 19.8. The second kappa shape index (κ2) is 8.83. The van der Waals surface area contributed by atoms with Crippen molar-refractivity contribution in [3.63, 3.8) is 0 Å². The second-order valence-electron chi connectivity index (χ2n) is 9.98. The molecule has 1 fully saturated rings. The number of amides is 2. The van der Waals surface area contributed by atoms with Gasteiger partial charge in [0.05, 0.1) is 12.1 Å². The first-order valence-corrected chi connectivity index (χ1v) is 11.5.